The van der Waals surface area contributed by atoms with Crippen molar-refractivity contribution in [3.8, 4) is 0 Å². The molecule has 0 aromatic carbocycles. The number of carbonyl (C=O) groups is 2. The monoisotopic (exact) mass is 282 g/mol. The number of likely N-dealkylation sites (N-methyl/N-ethyl adjacent to an activating group) is 1. The fraction of sp³-hybridized carbons (Fsp3) is 0.571. The first kappa shape index (κ1) is 15.8. The van der Waals surface area contributed by atoms with Crippen LogP contribution in [0.3, 0.4) is 0 Å². The van der Waals surface area contributed by atoms with Crippen LogP contribution in [0.4, 0.5) is 0 Å². The average molecular weight is 282 g/mol. The molecule has 1 rings (SSSR count). The van der Waals surface area contributed by atoms with Gasteiger partial charge < -0.3 is 9.80 Å². The van der Waals surface area contributed by atoms with Gasteiger partial charge in [0.1, 0.15) is 6.04 Å². The highest BCUT2D eigenvalue weighted by atomic mass is 32.2. The van der Waals surface area contributed by atoms with Gasteiger partial charge in [0.05, 0.1) is 5.88 Å². The molecule has 2 amide bonds. The van der Waals surface area contributed by atoms with Gasteiger partial charge in [0.25, 0.3) is 0 Å². The molecule has 1 saturated heterocycles. The molecule has 1 atom stereocenters. The second-order valence-corrected chi connectivity index (χ2v) is 5.75. The molecular formula is C14H22N2O2S. The molecule has 5 heteroatoms. The molecule has 0 aromatic rings. The van der Waals surface area contributed by atoms with Gasteiger partial charge in [0.2, 0.25) is 11.8 Å². The Hall–Kier alpha value is -1.23. The quantitative estimate of drug-likeness (QED) is 0.584. The third-order valence-corrected chi connectivity index (χ3v) is 4.13. The first-order valence-electron chi connectivity index (χ1n) is 6.43. The zero-order chi connectivity index (χ0) is 14.4. The van der Waals surface area contributed by atoms with Gasteiger partial charge in [-0.1, -0.05) is 18.2 Å². The van der Waals surface area contributed by atoms with Crippen LogP contribution >= 0.6 is 11.8 Å². The van der Waals surface area contributed by atoms with Gasteiger partial charge in [-0.2, -0.15) is 0 Å². The number of hydrogen-bond donors (Lipinski definition) is 0. The third-order valence-electron chi connectivity index (χ3n) is 3.12. The highest BCUT2D eigenvalue weighted by molar-refractivity contribution is 7.99. The van der Waals surface area contributed by atoms with E-state index < -0.39 is 0 Å². The molecular weight excluding hydrogens is 260 g/mol. The Morgan fingerprint density at radius 3 is 2.63 bits per heavy atom. The summed E-state index contributed by atoms with van der Waals surface area (Å²) in [7, 11) is 1.79. The van der Waals surface area contributed by atoms with E-state index in [1.165, 1.54) is 6.08 Å². The Kier molecular flexibility index (Phi) is 6.15. The highest BCUT2D eigenvalue weighted by Gasteiger charge is 2.35. The Morgan fingerprint density at radius 2 is 2.05 bits per heavy atom. The van der Waals surface area contributed by atoms with E-state index >= 15 is 0 Å². The SMILES string of the molecule is CC=CC=CC(=O)N1CSCC1C(=O)N(C)C(C)C. The number of rotatable bonds is 4. The van der Waals surface area contributed by atoms with Crippen molar-refractivity contribution in [3.05, 3.63) is 24.3 Å². The minimum absolute atomic E-state index is 0.0211. The Morgan fingerprint density at radius 1 is 1.37 bits per heavy atom. The fourth-order valence-corrected chi connectivity index (χ4v) is 2.85. The maximum absolute atomic E-state index is 12.3. The molecule has 106 valence electrons. The third kappa shape index (κ3) is 4.13. The molecule has 0 bridgehead atoms. The lowest BCUT2D eigenvalue weighted by molar-refractivity contribution is -0.141. The zero-order valence-electron chi connectivity index (χ0n) is 12.0. The lowest BCUT2D eigenvalue weighted by atomic mass is 10.2. The summed E-state index contributed by atoms with van der Waals surface area (Å²) in [6.07, 6.45) is 6.89. The van der Waals surface area contributed by atoms with Gasteiger partial charge >= 0.3 is 0 Å². The van der Waals surface area contributed by atoms with Crippen LogP contribution in [0.25, 0.3) is 0 Å². The predicted molar refractivity (Wildman–Crippen MR) is 79.8 cm³/mol. The molecule has 1 fully saturated rings. The Labute approximate surface area is 119 Å². The number of thioether (sulfide) groups is 1. The molecule has 1 aliphatic rings. The smallest absolute Gasteiger partial charge is 0.247 e. The molecule has 0 aromatic heterocycles. The molecule has 0 spiro atoms. The summed E-state index contributed by atoms with van der Waals surface area (Å²) in [6.45, 7) is 5.83. The fourth-order valence-electron chi connectivity index (χ4n) is 1.70. The van der Waals surface area contributed by atoms with Crippen molar-refractivity contribution in [3.63, 3.8) is 0 Å². The average Bonchev–Trinajstić information content (AvgIpc) is 2.86. The molecule has 0 radical (unpaired) electrons. The number of allylic oxidation sites excluding steroid dienone is 3. The van der Waals surface area contributed by atoms with Crippen molar-refractivity contribution in [2.75, 3.05) is 18.7 Å². The highest BCUT2D eigenvalue weighted by Crippen LogP contribution is 2.23. The summed E-state index contributed by atoms with van der Waals surface area (Å²) in [5, 5.41) is 0. The molecule has 0 aliphatic carbocycles. The van der Waals surface area contributed by atoms with Crippen LogP contribution in [0.5, 0.6) is 0 Å². The molecule has 0 N–H and O–H groups in total. The van der Waals surface area contributed by atoms with E-state index in [9.17, 15) is 9.59 Å². The van der Waals surface area contributed by atoms with E-state index in [1.54, 1.807) is 40.8 Å². The van der Waals surface area contributed by atoms with Gasteiger partial charge in [-0.05, 0) is 20.8 Å². The topological polar surface area (TPSA) is 40.6 Å². The number of amides is 2. The van der Waals surface area contributed by atoms with Gasteiger partial charge in [0, 0.05) is 24.9 Å². The summed E-state index contributed by atoms with van der Waals surface area (Å²) in [4.78, 5) is 27.7. The minimum atomic E-state index is -0.333. The zero-order valence-corrected chi connectivity index (χ0v) is 12.8. The number of nitrogens with zero attached hydrogens (tertiary/aromatic N) is 2. The summed E-state index contributed by atoms with van der Waals surface area (Å²) < 4.78 is 0. The second-order valence-electron chi connectivity index (χ2n) is 4.75. The van der Waals surface area contributed by atoms with Crippen LogP contribution in [0.2, 0.25) is 0 Å². The molecule has 4 nitrogen and oxygen atoms in total. The standard InChI is InChI=1S/C14H22N2O2S/c1-5-6-7-8-13(17)16-10-19-9-12(16)14(18)15(4)11(2)3/h5-8,11-12H,9-10H2,1-4H3. The summed E-state index contributed by atoms with van der Waals surface area (Å²) >= 11 is 1.62. The van der Waals surface area contributed by atoms with Crippen LogP contribution in [0.15, 0.2) is 24.3 Å². The molecule has 19 heavy (non-hydrogen) atoms. The maximum atomic E-state index is 12.3. The van der Waals surface area contributed by atoms with Crippen molar-refractivity contribution in [1.29, 1.82) is 0 Å². The molecule has 1 heterocycles. The Bertz CT molecular complexity index is 391. The second kappa shape index (κ2) is 7.38. The van der Waals surface area contributed by atoms with E-state index in [0.717, 1.165) is 0 Å². The molecule has 0 saturated carbocycles. The lowest BCUT2D eigenvalue weighted by Gasteiger charge is -2.29. The first-order valence-corrected chi connectivity index (χ1v) is 7.59. The lowest BCUT2D eigenvalue weighted by Crippen LogP contribution is -2.49. The normalized spacial score (nSPS) is 19.8. The van der Waals surface area contributed by atoms with Crippen molar-refractivity contribution >= 4 is 23.6 Å². The van der Waals surface area contributed by atoms with Crippen LogP contribution < -0.4 is 0 Å². The first-order chi connectivity index (χ1) is 8.99. The maximum Gasteiger partial charge on any atom is 0.247 e. The van der Waals surface area contributed by atoms with E-state index in [0.29, 0.717) is 11.6 Å². The predicted octanol–water partition coefficient (Wildman–Crippen LogP) is 1.89. The van der Waals surface area contributed by atoms with E-state index in [1.807, 2.05) is 26.8 Å². The van der Waals surface area contributed by atoms with E-state index in [2.05, 4.69) is 0 Å². The Balaban J connectivity index is 2.73. The van der Waals surface area contributed by atoms with E-state index in [-0.39, 0.29) is 23.9 Å². The van der Waals surface area contributed by atoms with E-state index in [4.69, 9.17) is 0 Å². The van der Waals surface area contributed by atoms with Gasteiger partial charge in [0.15, 0.2) is 0 Å². The largest absolute Gasteiger partial charge is 0.342 e. The summed E-state index contributed by atoms with van der Waals surface area (Å²) in [5.74, 6) is 1.19. The van der Waals surface area contributed by atoms with Gasteiger partial charge in [-0.3, -0.25) is 9.59 Å². The van der Waals surface area contributed by atoms with Crippen LogP contribution in [-0.4, -0.2) is 52.4 Å². The van der Waals surface area contributed by atoms with Crippen LogP contribution in [0.1, 0.15) is 20.8 Å². The van der Waals surface area contributed by atoms with Gasteiger partial charge in [-0.15, -0.1) is 11.8 Å². The summed E-state index contributed by atoms with van der Waals surface area (Å²) in [5.41, 5.74) is 0. The molecule has 1 aliphatic heterocycles. The van der Waals surface area contributed by atoms with Crippen LogP contribution in [0, 0.1) is 0 Å². The summed E-state index contributed by atoms with van der Waals surface area (Å²) in [6, 6.07) is -0.186. The van der Waals surface area contributed by atoms with Crippen molar-refractivity contribution in [2.45, 2.75) is 32.9 Å². The van der Waals surface area contributed by atoms with Crippen LogP contribution in [-0.2, 0) is 9.59 Å². The van der Waals surface area contributed by atoms with Crippen molar-refractivity contribution < 1.29 is 9.59 Å². The van der Waals surface area contributed by atoms with Gasteiger partial charge in [-0.25, -0.2) is 0 Å². The molecule has 1 unspecified atom stereocenters. The number of carbonyl (C=O) groups excluding carboxylic acids is 2. The van der Waals surface area contributed by atoms with Crippen molar-refractivity contribution in [2.24, 2.45) is 0 Å². The van der Waals surface area contributed by atoms with Crippen molar-refractivity contribution in [1.82, 2.24) is 9.80 Å². The number of hydrogen-bond acceptors (Lipinski definition) is 3. The minimum Gasteiger partial charge on any atom is -0.342 e.